The Bertz CT molecular complexity index is 448. The van der Waals surface area contributed by atoms with Gasteiger partial charge in [0.1, 0.15) is 0 Å². The summed E-state index contributed by atoms with van der Waals surface area (Å²) in [7, 11) is 0. The monoisotopic (exact) mass is 259 g/mol. The molecule has 1 amide bonds. The van der Waals surface area contributed by atoms with Crippen LogP contribution in [0, 0.1) is 11.8 Å². The number of rotatable bonds is 3. The third kappa shape index (κ3) is 2.50. The van der Waals surface area contributed by atoms with Crippen LogP contribution in [0.25, 0.3) is 0 Å². The fraction of sp³-hybridized carbons (Fsp3) is 0.600. The SMILES string of the molecule is CCN1C[C@H]2CCN(Cc3ccncc3)C(=O)[C@@H]2C1. The van der Waals surface area contributed by atoms with Gasteiger partial charge in [-0.15, -0.1) is 0 Å². The Balaban J connectivity index is 1.68. The van der Waals surface area contributed by atoms with E-state index in [0.29, 0.717) is 11.8 Å². The standard InChI is InChI=1S/C15H21N3O/c1-2-17-10-13-5-8-18(15(19)14(13)11-17)9-12-3-6-16-7-4-12/h3-4,6-7,13-14H,2,5,8-11H2,1H3/t13-,14-/m1/s1. The van der Waals surface area contributed by atoms with Crippen molar-refractivity contribution in [2.24, 2.45) is 11.8 Å². The van der Waals surface area contributed by atoms with Crippen LogP contribution in [0.4, 0.5) is 0 Å². The van der Waals surface area contributed by atoms with E-state index in [0.717, 1.165) is 39.1 Å². The summed E-state index contributed by atoms with van der Waals surface area (Å²) in [4.78, 5) is 21.0. The molecule has 1 aromatic rings. The molecule has 1 aromatic heterocycles. The first-order chi connectivity index (χ1) is 9.28. The van der Waals surface area contributed by atoms with Crippen molar-refractivity contribution < 1.29 is 4.79 Å². The average Bonchev–Trinajstić information content (AvgIpc) is 2.87. The molecule has 3 heterocycles. The van der Waals surface area contributed by atoms with Crippen molar-refractivity contribution in [3.8, 4) is 0 Å². The molecular formula is C15H21N3O. The topological polar surface area (TPSA) is 36.4 Å². The molecule has 0 bridgehead atoms. The van der Waals surface area contributed by atoms with Crippen LogP contribution < -0.4 is 0 Å². The Morgan fingerprint density at radius 2 is 2.11 bits per heavy atom. The van der Waals surface area contributed by atoms with Crippen molar-refractivity contribution in [3.63, 3.8) is 0 Å². The number of hydrogen-bond donors (Lipinski definition) is 0. The zero-order valence-electron chi connectivity index (χ0n) is 11.5. The van der Waals surface area contributed by atoms with Gasteiger partial charge in [-0.2, -0.15) is 0 Å². The quantitative estimate of drug-likeness (QED) is 0.823. The van der Waals surface area contributed by atoms with Crippen LogP contribution in [0.2, 0.25) is 0 Å². The van der Waals surface area contributed by atoms with Crippen LogP contribution in [0.15, 0.2) is 24.5 Å². The van der Waals surface area contributed by atoms with Gasteiger partial charge in [-0.3, -0.25) is 9.78 Å². The van der Waals surface area contributed by atoms with E-state index in [-0.39, 0.29) is 5.92 Å². The van der Waals surface area contributed by atoms with Crippen LogP contribution in [0.1, 0.15) is 18.9 Å². The van der Waals surface area contributed by atoms with Crippen molar-refractivity contribution in [2.75, 3.05) is 26.2 Å². The van der Waals surface area contributed by atoms with Crippen LogP contribution >= 0.6 is 0 Å². The van der Waals surface area contributed by atoms with Crippen molar-refractivity contribution in [3.05, 3.63) is 30.1 Å². The number of fused-ring (bicyclic) bond motifs is 1. The van der Waals surface area contributed by atoms with Gasteiger partial charge in [0.25, 0.3) is 0 Å². The fourth-order valence-electron chi connectivity index (χ4n) is 3.32. The lowest BCUT2D eigenvalue weighted by molar-refractivity contribution is -0.140. The number of carbonyl (C=O) groups excluding carboxylic acids is 1. The summed E-state index contributed by atoms with van der Waals surface area (Å²) >= 11 is 0. The minimum atomic E-state index is 0.232. The number of carbonyl (C=O) groups is 1. The summed E-state index contributed by atoms with van der Waals surface area (Å²) < 4.78 is 0. The molecule has 2 saturated heterocycles. The van der Waals surface area contributed by atoms with Gasteiger partial charge < -0.3 is 9.80 Å². The van der Waals surface area contributed by atoms with Crippen molar-refractivity contribution in [1.29, 1.82) is 0 Å². The minimum Gasteiger partial charge on any atom is -0.338 e. The van der Waals surface area contributed by atoms with Crippen molar-refractivity contribution in [1.82, 2.24) is 14.8 Å². The lowest BCUT2D eigenvalue weighted by Crippen LogP contribution is -2.44. The summed E-state index contributed by atoms with van der Waals surface area (Å²) in [5.41, 5.74) is 1.17. The van der Waals surface area contributed by atoms with Gasteiger partial charge in [-0.25, -0.2) is 0 Å². The van der Waals surface area contributed by atoms with E-state index in [1.54, 1.807) is 12.4 Å². The van der Waals surface area contributed by atoms with Crippen LogP contribution in [-0.4, -0.2) is 46.9 Å². The predicted molar refractivity (Wildman–Crippen MR) is 73.4 cm³/mol. The molecule has 3 rings (SSSR count). The fourth-order valence-corrected chi connectivity index (χ4v) is 3.32. The van der Waals surface area contributed by atoms with Crippen LogP contribution in [-0.2, 0) is 11.3 Å². The maximum absolute atomic E-state index is 12.6. The second-order valence-corrected chi connectivity index (χ2v) is 5.62. The predicted octanol–water partition coefficient (Wildman–Crippen LogP) is 1.38. The largest absolute Gasteiger partial charge is 0.338 e. The van der Waals surface area contributed by atoms with Gasteiger partial charge in [0, 0.05) is 38.6 Å². The molecule has 2 aliphatic heterocycles. The molecule has 4 nitrogen and oxygen atoms in total. The molecule has 0 unspecified atom stereocenters. The Hall–Kier alpha value is -1.42. The molecule has 19 heavy (non-hydrogen) atoms. The van der Waals surface area contributed by atoms with Gasteiger partial charge in [0.15, 0.2) is 0 Å². The Kier molecular flexibility index (Phi) is 3.51. The van der Waals surface area contributed by atoms with Crippen LogP contribution in [0.5, 0.6) is 0 Å². The van der Waals surface area contributed by atoms with E-state index in [1.807, 2.05) is 17.0 Å². The molecule has 0 aliphatic carbocycles. The van der Waals surface area contributed by atoms with Gasteiger partial charge in [0.2, 0.25) is 5.91 Å². The van der Waals surface area contributed by atoms with E-state index in [9.17, 15) is 4.79 Å². The van der Waals surface area contributed by atoms with E-state index in [1.165, 1.54) is 5.56 Å². The van der Waals surface area contributed by atoms with Crippen molar-refractivity contribution >= 4 is 5.91 Å². The third-order valence-electron chi connectivity index (χ3n) is 4.49. The lowest BCUT2D eigenvalue weighted by Gasteiger charge is -2.34. The molecular weight excluding hydrogens is 238 g/mol. The first-order valence-corrected chi connectivity index (χ1v) is 7.18. The van der Waals surface area contributed by atoms with E-state index in [2.05, 4.69) is 16.8 Å². The van der Waals surface area contributed by atoms with Gasteiger partial charge in [-0.05, 0) is 36.6 Å². The molecule has 0 radical (unpaired) electrons. The summed E-state index contributed by atoms with van der Waals surface area (Å²) in [6.45, 7) is 6.93. The third-order valence-corrected chi connectivity index (χ3v) is 4.49. The molecule has 4 heteroatoms. The highest BCUT2D eigenvalue weighted by molar-refractivity contribution is 5.80. The Morgan fingerprint density at radius 3 is 2.84 bits per heavy atom. The lowest BCUT2D eigenvalue weighted by atomic mass is 9.88. The molecule has 0 aromatic carbocycles. The normalized spacial score (nSPS) is 27.6. The minimum absolute atomic E-state index is 0.232. The highest BCUT2D eigenvalue weighted by Gasteiger charge is 2.42. The second-order valence-electron chi connectivity index (χ2n) is 5.62. The first-order valence-electron chi connectivity index (χ1n) is 7.18. The first kappa shape index (κ1) is 12.6. The number of amides is 1. The average molecular weight is 259 g/mol. The second kappa shape index (κ2) is 5.29. The number of piperidine rings is 1. The van der Waals surface area contributed by atoms with Crippen LogP contribution in [0.3, 0.4) is 0 Å². The van der Waals surface area contributed by atoms with Crippen molar-refractivity contribution in [2.45, 2.75) is 19.9 Å². The van der Waals surface area contributed by atoms with Gasteiger partial charge in [0.05, 0.1) is 5.92 Å². The number of nitrogens with zero attached hydrogens (tertiary/aromatic N) is 3. The number of hydrogen-bond acceptors (Lipinski definition) is 3. The molecule has 2 fully saturated rings. The summed E-state index contributed by atoms with van der Waals surface area (Å²) in [5.74, 6) is 1.17. The number of aromatic nitrogens is 1. The highest BCUT2D eigenvalue weighted by Crippen LogP contribution is 2.32. The Labute approximate surface area is 114 Å². The summed E-state index contributed by atoms with van der Waals surface area (Å²) in [6.07, 6.45) is 4.74. The van der Waals surface area contributed by atoms with E-state index < -0.39 is 0 Å². The molecule has 2 aliphatic rings. The van der Waals surface area contributed by atoms with Gasteiger partial charge in [-0.1, -0.05) is 6.92 Å². The molecule has 0 saturated carbocycles. The molecule has 0 spiro atoms. The number of pyridine rings is 1. The summed E-state index contributed by atoms with van der Waals surface area (Å²) in [6, 6.07) is 3.98. The maximum Gasteiger partial charge on any atom is 0.227 e. The van der Waals surface area contributed by atoms with E-state index >= 15 is 0 Å². The zero-order valence-corrected chi connectivity index (χ0v) is 11.5. The Morgan fingerprint density at radius 1 is 1.32 bits per heavy atom. The van der Waals surface area contributed by atoms with E-state index in [4.69, 9.17) is 0 Å². The molecule has 0 N–H and O–H groups in total. The smallest absolute Gasteiger partial charge is 0.227 e. The zero-order chi connectivity index (χ0) is 13.2. The molecule has 102 valence electrons. The maximum atomic E-state index is 12.6. The summed E-state index contributed by atoms with van der Waals surface area (Å²) in [5, 5.41) is 0. The highest BCUT2D eigenvalue weighted by atomic mass is 16.2. The number of likely N-dealkylation sites (tertiary alicyclic amines) is 2. The van der Waals surface area contributed by atoms with Gasteiger partial charge >= 0.3 is 0 Å². The molecule has 2 atom stereocenters.